The summed E-state index contributed by atoms with van der Waals surface area (Å²) < 4.78 is 10.5. The number of nitrogens with one attached hydrogen (secondary N) is 1. The first-order chi connectivity index (χ1) is 12.1. The van der Waals surface area contributed by atoms with E-state index >= 15 is 0 Å². The third kappa shape index (κ3) is 6.24. The van der Waals surface area contributed by atoms with Crippen LogP contribution in [0.1, 0.15) is 18.9 Å². The maximum atomic E-state index is 12.0. The van der Waals surface area contributed by atoms with Gasteiger partial charge in [0.1, 0.15) is 6.61 Å². The topological polar surface area (TPSA) is 47.6 Å². The summed E-state index contributed by atoms with van der Waals surface area (Å²) in [6.07, 6.45) is 1.09. The van der Waals surface area contributed by atoms with Crippen molar-refractivity contribution in [1.82, 2.24) is 0 Å². The summed E-state index contributed by atoms with van der Waals surface area (Å²) in [4.78, 5) is 12.0. The molecule has 0 amide bonds. The van der Waals surface area contributed by atoms with E-state index in [2.05, 4.69) is 5.32 Å². The number of halogens is 2. The van der Waals surface area contributed by atoms with Gasteiger partial charge in [-0.3, -0.25) is 4.79 Å². The Hall–Kier alpha value is -1.75. The molecule has 0 spiro atoms. The van der Waals surface area contributed by atoms with Gasteiger partial charge in [-0.15, -0.1) is 0 Å². The van der Waals surface area contributed by atoms with Crippen molar-refractivity contribution in [3.8, 4) is 0 Å². The highest BCUT2D eigenvalue weighted by atomic mass is 35.5. The van der Waals surface area contributed by atoms with Gasteiger partial charge in [-0.25, -0.2) is 0 Å². The zero-order valence-electron chi connectivity index (χ0n) is 14.1. The molecule has 1 N–H and O–H groups in total. The Kier molecular flexibility index (Phi) is 8.06. The van der Waals surface area contributed by atoms with Crippen LogP contribution in [0.3, 0.4) is 0 Å². The summed E-state index contributed by atoms with van der Waals surface area (Å²) in [6, 6.07) is 12.8. The number of para-hydroxylation sites is 2. The predicted molar refractivity (Wildman–Crippen MR) is 102 cm³/mol. The summed E-state index contributed by atoms with van der Waals surface area (Å²) in [5, 5.41) is 4.23. The Morgan fingerprint density at radius 1 is 1.00 bits per heavy atom. The van der Waals surface area contributed by atoms with Crippen LogP contribution in [0.25, 0.3) is 0 Å². The van der Waals surface area contributed by atoms with Crippen molar-refractivity contribution in [3.05, 3.63) is 58.1 Å². The third-order valence-electron chi connectivity index (χ3n) is 3.41. The van der Waals surface area contributed by atoms with Gasteiger partial charge in [0.05, 0.1) is 28.8 Å². The summed E-state index contributed by atoms with van der Waals surface area (Å²) in [7, 11) is 0. The van der Waals surface area contributed by atoms with E-state index in [1.165, 1.54) is 0 Å². The quantitative estimate of drug-likeness (QED) is 0.475. The standard InChI is InChI=1S/C19H21Cl2NO3/c1-2-10-24-11-12-25-18(23)13-14-6-3-4-9-17(14)22-19-15(20)7-5-8-16(19)21/h3-9,22H,2,10-13H2,1H3. The van der Waals surface area contributed by atoms with Crippen molar-refractivity contribution in [2.24, 2.45) is 0 Å². The molecule has 0 saturated heterocycles. The Labute approximate surface area is 158 Å². The fourth-order valence-electron chi connectivity index (χ4n) is 2.22. The molecule has 0 saturated carbocycles. The molecular weight excluding hydrogens is 361 g/mol. The van der Waals surface area contributed by atoms with Crippen LogP contribution in [0.2, 0.25) is 10.0 Å². The lowest BCUT2D eigenvalue weighted by Gasteiger charge is -2.14. The molecule has 25 heavy (non-hydrogen) atoms. The molecule has 0 aliphatic heterocycles. The van der Waals surface area contributed by atoms with Crippen molar-refractivity contribution in [2.75, 3.05) is 25.1 Å². The number of carbonyl (C=O) groups excluding carboxylic acids is 1. The SMILES string of the molecule is CCCOCCOC(=O)Cc1ccccc1Nc1c(Cl)cccc1Cl. The van der Waals surface area contributed by atoms with Crippen LogP contribution >= 0.6 is 23.2 Å². The van der Waals surface area contributed by atoms with Crippen LogP contribution in [0.4, 0.5) is 11.4 Å². The fraction of sp³-hybridized carbons (Fsp3) is 0.316. The van der Waals surface area contributed by atoms with Crippen LogP contribution in [-0.2, 0) is 20.7 Å². The molecule has 4 nitrogen and oxygen atoms in total. The molecule has 0 radical (unpaired) electrons. The van der Waals surface area contributed by atoms with E-state index in [0.717, 1.165) is 17.7 Å². The Morgan fingerprint density at radius 3 is 2.44 bits per heavy atom. The molecular formula is C19H21Cl2NO3. The number of esters is 1. The van der Waals surface area contributed by atoms with Gasteiger partial charge in [-0.2, -0.15) is 0 Å². The highest BCUT2D eigenvalue weighted by Crippen LogP contribution is 2.33. The third-order valence-corrected chi connectivity index (χ3v) is 4.04. The Bertz CT molecular complexity index is 687. The summed E-state index contributed by atoms with van der Waals surface area (Å²) in [5.74, 6) is -0.306. The highest BCUT2D eigenvalue weighted by molar-refractivity contribution is 6.39. The monoisotopic (exact) mass is 381 g/mol. The normalized spacial score (nSPS) is 10.5. The summed E-state index contributed by atoms with van der Waals surface area (Å²) in [5.41, 5.74) is 2.18. The molecule has 0 heterocycles. The van der Waals surface area contributed by atoms with Gasteiger partial charge in [-0.1, -0.05) is 54.4 Å². The molecule has 0 aliphatic rings. The van der Waals surface area contributed by atoms with Gasteiger partial charge >= 0.3 is 5.97 Å². The average Bonchev–Trinajstić information content (AvgIpc) is 2.59. The predicted octanol–water partition coefficient (Wildman–Crippen LogP) is 5.25. The summed E-state index contributed by atoms with van der Waals surface area (Å²) in [6.45, 7) is 3.36. The smallest absolute Gasteiger partial charge is 0.310 e. The minimum Gasteiger partial charge on any atom is -0.463 e. The maximum absolute atomic E-state index is 12.0. The Balaban J connectivity index is 1.99. The number of benzene rings is 2. The second-order valence-electron chi connectivity index (χ2n) is 5.39. The zero-order valence-corrected chi connectivity index (χ0v) is 15.6. The number of carbonyl (C=O) groups is 1. The molecule has 0 unspecified atom stereocenters. The molecule has 6 heteroatoms. The Morgan fingerprint density at radius 2 is 1.72 bits per heavy atom. The number of hydrogen-bond acceptors (Lipinski definition) is 4. The second-order valence-corrected chi connectivity index (χ2v) is 6.20. The lowest BCUT2D eigenvalue weighted by atomic mass is 10.1. The van der Waals surface area contributed by atoms with E-state index in [0.29, 0.717) is 28.9 Å². The molecule has 0 bridgehead atoms. The number of rotatable bonds is 9. The van der Waals surface area contributed by atoms with Crippen molar-refractivity contribution >= 4 is 40.5 Å². The molecule has 134 valence electrons. The van der Waals surface area contributed by atoms with Gasteiger partial charge in [-0.05, 0) is 30.2 Å². The number of anilines is 2. The number of ether oxygens (including phenoxy) is 2. The van der Waals surface area contributed by atoms with Crippen LogP contribution in [-0.4, -0.2) is 25.8 Å². The second kappa shape index (κ2) is 10.3. The minimum absolute atomic E-state index is 0.152. The van der Waals surface area contributed by atoms with Crippen molar-refractivity contribution < 1.29 is 14.3 Å². The van der Waals surface area contributed by atoms with Gasteiger partial charge in [0.2, 0.25) is 0 Å². The molecule has 2 aromatic rings. The zero-order chi connectivity index (χ0) is 18.1. The fourth-order valence-corrected chi connectivity index (χ4v) is 2.71. The van der Waals surface area contributed by atoms with Crippen molar-refractivity contribution in [3.63, 3.8) is 0 Å². The van der Waals surface area contributed by atoms with Gasteiger partial charge in [0, 0.05) is 12.3 Å². The van der Waals surface area contributed by atoms with E-state index in [4.69, 9.17) is 32.7 Å². The van der Waals surface area contributed by atoms with Crippen LogP contribution in [0, 0.1) is 0 Å². The molecule has 0 aromatic heterocycles. The van der Waals surface area contributed by atoms with Gasteiger partial charge in [0.25, 0.3) is 0 Å². The van der Waals surface area contributed by atoms with Crippen LogP contribution < -0.4 is 5.32 Å². The molecule has 0 atom stereocenters. The van der Waals surface area contributed by atoms with Crippen LogP contribution in [0.15, 0.2) is 42.5 Å². The van der Waals surface area contributed by atoms with E-state index < -0.39 is 0 Å². The highest BCUT2D eigenvalue weighted by Gasteiger charge is 2.12. The summed E-state index contributed by atoms with van der Waals surface area (Å²) >= 11 is 12.4. The molecule has 0 fully saturated rings. The largest absolute Gasteiger partial charge is 0.463 e. The first-order valence-electron chi connectivity index (χ1n) is 8.14. The van der Waals surface area contributed by atoms with E-state index in [9.17, 15) is 4.79 Å². The first kappa shape index (κ1) is 19.6. The van der Waals surface area contributed by atoms with Gasteiger partial charge in [0.15, 0.2) is 0 Å². The lowest BCUT2D eigenvalue weighted by molar-refractivity contribution is -0.144. The lowest BCUT2D eigenvalue weighted by Crippen LogP contribution is -2.13. The van der Waals surface area contributed by atoms with Gasteiger partial charge < -0.3 is 14.8 Å². The molecule has 2 aromatic carbocycles. The molecule has 2 rings (SSSR count). The van der Waals surface area contributed by atoms with Crippen LogP contribution in [0.5, 0.6) is 0 Å². The molecule has 0 aliphatic carbocycles. The first-order valence-corrected chi connectivity index (χ1v) is 8.89. The van der Waals surface area contributed by atoms with E-state index in [1.54, 1.807) is 18.2 Å². The number of hydrogen-bond donors (Lipinski definition) is 1. The van der Waals surface area contributed by atoms with E-state index in [-0.39, 0.29) is 19.0 Å². The maximum Gasteiger partial charge on any atom is 0.310 e. The van der Waals surface area contributed by atoms with E-state index in [1.807, 2.05) is 31.2 Å². The van der Waals surface area contributed by atoms with Crippen molar-refractivity contribution in [2.45, 2.75) is 19.8 Å². The minimum atomic E-state index is -0.306. The van der Waals surface area contributed by atoms with Crippen molar-refractivity contribution in [1.29, 1.82) is 0 Å². The average molecular weight is 382 g/mol.